The summed E-state index contributed by atoms with van der Waals surface area (Å²) in [6.45, 7) is 1.54. The van der Waals surface area contributed by atoms with Crippen LogP contribution in [0.5, 0.6) is 0 Å². The van der Waals surface area contributed by atoms with Crippen LogP contribution in [-0.4, -0.2) is 36.7 Å². The minimum absolute atomic E-state index is 0.170. The molecule has 1 atom stereocenters. The summed E-state index contributed by atoms with van der Waals surface area (Å²) < 4.78 is 9.83. The zero-order valence-electron chi connectivity index (χ0n) is 11.2. The molecule has 1 heterocycles. The summed E-state index contributed by atoms with van der Waals surface area (Å²) in [5.74, 6) is -1.11. The fraction of sp³-hybridized carbons (Fsp3) is 0.286. The van der Waals surface area contributed by atoms with Crippen LogP contribution in [0.15, 0.2) is 28.7 Å². The molecule has 1 aromatic heterocycles. The molecule has 1 aromatic carbocycles. The fourth-order valence-electron chi connectivity index (χ4n) is 1.88. The molecular weight excluding hydrogens is 262 g/mol. The first kappa shape index (κ1) is 14.1. The van der Waals surface area contributed by atoms with Crippen molar-refractivity contribution in [3.63, 3.8) is 0 Å². The van der Waals surface area contributed by atoms with Gasteiger partial charge >= 0.3 is 5.97 Å². The minimum atomic E-state index is -1.39. The second-order valence-corrected chi connectivity index (χ2v) is 4.30. The maximum absolute atomic E-state index is 12.0. The van der Waals surface area contributed by atoms with Crippen LogP contribution >= 0.6 is 0 Å². The smallest absolute Gasteiger partial charge is 0.336 e. The van der Waals surface area contributed by atoms with Gasteiger partial charge in [-0.3, -0.25) is 4.79 Å². The highest BCUT2D eigenvalue weighted by Gasteiger charge is 2.20. The highest BCUT2D eigenvalue weighted by Crippen LogP contribution is 2.24. The van der Waals surface area contributed by atoms with Crippen LogP contribution < -0.4 is 5.32 Å². The van der Waals surface area contributed by atoms with Crippen molar-refractivity contribution in [1.29, 1.82) is 0 Å². The Balaban J connectivity index is 2.12. The van der Waals surface area contributed by atoms with Crippen LogP contribution in [0.2, 0.25) is 0 Å². The van der Waals surface area contributed by atoms with Gasteiger partial charge in [-0.1, -0.05) is 18.2 Å². The van der Waals surface area contributed by atoms with Crippen molar-refractivity contribution in [3.05, 3.63) is 35.6 Å². The Bertz CT molecular complexity index is 646. The van der Waals surface area contributed by atoms with Crippen molar-refractivity contribution in [1.82, 2.24) is 5.32 Å². The number of aryl methyl sites for hydroxylation is 1. The molecule has 0 aliphatic carbocycles. The average Bonchev–Trinajstić information content (AvgIpc) is 2.81. The molecule has 0 aliphatic rings. The van der Waals surface area contributed by atoms with Gasteiger partial charge in [0.1, 0.15) is 5.58 Å². The number of methoxy groups -OCH3 is 1. The molecule has 2 N–H and O–H groups in total. The first-order valence-electron chi connectivity index (χ1n) is 6.06. The van der Waals surface area contributed by atoms with Gasteiger partial charge < -0.3 is 19.6 Å². The predicted octanol–water partition coefficient (Wildman–Crippen LogP) is 1.00. The summed E-state index contributed by atoms with van der Waals surface area (Å²) in [6.07, 6.45) is -1.39. The molecule has 2 aromatic rings. The number of rotatable bonds is 4. The average molecular weight is 277 g/mol. The monoisotopic (exact) mass is 277 g/mol. The van der Waals surface area contributed by atoms with Gasteiger partial charge in [0.25, 0.3) is 5.91 Å². The van der Waals surface area contributed by atoms with E-state index in [4.69, 9.17) is 4.42 Å². The summed E-state index contributed by atoms with van der Waals surface area (Å²) in [5.41, 5.74) is 1.33. The van der Waals surface area contributed by atoms with Gasteiger partial charge in [0.2, 0.25) is 0 Å². The molecule has 0 bridgehead atoms. The molecule has 20 heavy (non-hydrogen) atoms. The third kappa shape index (κ3) is 2.65. The maximum atomic E-state index is 12.0. The second-order valence-electron chi connectivity index (χ2n) is 4.30. The molecule has 1 amide bonds. The Morgan fingerprint density at radius 3 is 2.75 bits per heavy atom. The van der Waals surface area contributed by atoms with Gasteiger partial charge in [0.15, 0.2) is 11.9 Å². The first-order valence-corrected chi connectivity index (χ1v) is 6.06. The van der Waals surface area contributed by atoms with E-state index < -0.39 is 18.0 Å². The lowest BCUT2D eigenvalue weighted by Crippen LogP contribution is -2.37. The standard InChI is InChI=1S/C14H15NO5/c1-8-9-5-3-4-6-11(9)20-12(8)13(17)15-7-10(16)14(18)19-2/h3-6,10,16H,7H2,1-2H3,(H,15,17). The van der Waals surface area contributed by atoms with Crippen molar-refractivity contribution in [2.24, 2.45) is 0 Å². The number of hydrogen-bond acceptors (Lipinski definition) is 5. The SMILES string of the molecule is COC(=O)C(O)CNC(=O)c1oc2ccccc2c1C. The second kappa shape index (κ2) is 5.75. The lowest BCUT2D eigenvalue weighted by atomic mass is 10.1. The number of hydrogen-bond donors (Lipinski definition) is 2. The number of furan rings is 1. The number of esters is 1. The number of aliphatic hydroxyl groups is 1. The van der Waals surface area contributed by atoms with Crippen LogP contribution in [-0.2, 0) is 9.53 Å². The normalized spacial score (nSPS) is 12.2. The van der Waals surface area contributed by atoms with Gasteiger partial charge in [-0.2, -0.15) is 0 Å². The van der Waals surface area contributed by atoms with E-state index in [0.29, 0.717) is 11.1 Å². The number of ether oxygens (including phenoxy) is 1. The number of amides is 1. The molecule has 106 valence electrons. The molecule has 1 unspecified atom stereocenters. The van der Waals surface area contributed by atoms with Gasteiger partial charge in [-0.25, -0.2) is 4.79 Å². The van der Waals surface area contributed by atoms with Crippen LogP contribution in [0.4, 0.5) is 0 Å². The van der Waals surface area contributed by atoms with E-state index in [0.717, 1.165) is 12.5 Å². The van der Waals surface area contributed by atoms with Crippen LogP contribution in [0.1, 0.15) is 16.1 Å². The third-order valence-corrected chi connectivity index (χ3v) is 2.98. The van der Waals surface area contributed by atoms with Crippen LogP contribution in [0.25, 0.3) is 11.0 Å². The summed E-state index contributed by atoms with van der Waals surface area (Å²) in [6, 6.07) is 7.29. The van der Waals surface area contributed by atoms with Crippen LogP contribution in [0.3, 0.4) is 0 Å². The molecule has 6 heteroatoms. The lowest BCUT2D eigenvalue weighted by Gasteiger charge is -2.08. The van der Waals surface area contributed by atoms with E-state index in [1.807, 2.05) is 18.2 Å². The number of fused-ring (bicyclic) bond motifs is 1. The molecule has 2 rings (SSSR count). The Morgan fingerprint density at radius 2 is 2.10 bits per heavy atom. The molecule has 0 saturated carbocycles. The zero-order valence-corrected chi connectivity index (χ0v) is 11.2. The van der Waals surface area contributed by atoms with Gasteiger partial charge in [-0.05, 0) is 13.0 Å². The van der Waals surface area contributed by atoms with Gasteiger partial charge in [0, 0.05) is 10.9 Å². The maximum Gasteiger partial charge on any atom is 0.336 e. The summed E-state index contributed by atoms with van der Waals surface area (Å²) in [7, 11) is 1.16. The molecular formula is C14H15NO5. The Hall–Kier alpha value is -2.34. The summed E-state index contributed by atoms with van der Waals surface area (Å²) in [4.78, 5) is 23.0. The molecule has 0 radical (unpaired) electrons. The Morgan fingerprint density at radius 1 is 1.40 bits per heavy atom. The number of carbonyl (C=O) groups is 2. The molecule has 0 fully saturated rings. The lowest BCUT2D eigenvalue weighted by molar-refractivity contribution is -0.149. The summed E-state index contributed by atoms with van der Waals surface area (Å²) in [5, 5.41) is 12.7. The highest BCUT2D eigenvalue weighted by molar-refractivity contribution is 5.99. The predicted molar refractivity (Wildman–Crippen MR) is 71.3 cm³/mol. The molecule has 0 spiro atoms. The number of nitrogens with one attached hydrogen (secondary N) is 1. The van der Waals surface area contributed by atoms with Crippen molar-refractivity contribution >= 4 is 22.8 Å². The number of carbonyl (C=O) groups excluding carboxylic acids is 2. The van der Waals surface area contributed by atoms with E-state index in [9.17, 15) is 14.7 Å². The topological polar surface area (TPSA) is 88.8 Å². The van der Waals surface area contributed by atoms with Crippen molar-refractivity contribution in [3.8, 4) is 0 Å². The number of aliphatic hydroxyl groups excluding tert-OH is 1. The third-order valence-electron chi connectivity index (χ3n) is 2.98. The van der Waals surface area contributed by atoms with Crippen molar-refractivity contribution in [2.75, 3.05) is 13.7 Å². The highest BCUT2D eigenvalue weighted by atomic mass is 16.5. The number of para-hydroxylation sites is 1. The zero-order chi connectivity index (χ0) is 14.7. The minimum Gasteiger partial charge on any atom is -0.467 e. The quantitative estimate of drug-likeness (QED) is 0.814. The summed E-state index contributed by atoms with van der Waals surface area (Å²) >= 11 is 0. The molecule has 0 aliphatic heterocycles. The van der Waals surface area contributed by atoms with Crippen LogP contribution in [0, 0.1) is 6.92 Å². The van der Waals surface area contributed by atoms with Crippen molar-refractivity contribution in [2.45, 2.75) is 13.0 Å². The largest absolute Gasteiger partial charge is 0.467 e. The fourth-order valence-corrected chi connectivity index (χ4v) is 1.88. The molecule has 6 nitrogen and oxygen atoms in total. The van der Waals surface area contributed by atoms with Crippen molar-refractivity contribution < 1.29 is 23.8 Å². The van der Waals surface area contributed by atoms with Gasteiger partial charge in [0.05, 0.1) is 13.7 Å². The van der Waals surface area contributed by atoms with E-state index in [-0.39, 0.29) is 12.3 Å². The Labute approximate surface area is 115 Å². The Kier molecular flexibility index (Phi) is 4.05. The van der Waals surface area contributed by atoms with Gasteiger partial charge in [-0.15, -0.1) is 0 Å². The van der Waals surface area contributed by atoms with E-state index in [1.54, 1.807) is 13.0 Å². The molecule has 0 saturated heterocycles. The van der Waals surface area contributed by atoms with E-state index in [2.05, 4.69) is 10.1 Å². The van der Waals surface area contributed by atoms with E-state index >= 15 is 0 Å². The number of benzene rings is 1. The first-order chi connectivity index (χ1) is 9.54. The van der Waals surface area contributed by atoms with E-state index in [1.165, 1.54) is 0 Å².